The molecule has 144 valence electrons. The summed E-state index contributed by atoms with van der Waals surface area (Å²) >= 11 is 0. The summed E-state index contributed by atoms with van der Waals surface area (Å²) in [5.74, 6) is -0.00865. The fraction of sp³-hybridized carbons (Fsp3) is 0.360. The molecule has 0 aliphatic carbocycles. The highest BCUT2D eigenvalue weighted by Gasteiger charge is 2.45. The zero-order chi connectivity index (χ0) is 20.1. The Labute approximate surface area is 167 Å². The largest absolute Gasteiger partial charge is 0.297 e. The van der Waals surface area contributed by atoms with Crippen LogP contribution in [0, 0.1) is 6.92 Å². The number of amides is 1. The number of carbonyl (C=O) groups is 1. The Morgan fingerprint density at radius 1 is 1.04 bits per heavy atom. The van der Waals surface area contributed by atoms with Crippen molar-refractivity contribution in [3.8, 4) is 0 Å². The second-order valence-corrected chi connectivity index (χ2v) is 8.56. The van der Waals surface area contributed by atoms with Gasteiger partial charge in [0.2, 0.25) is 0 Å². The van der Waals surface area contributed by atoms with Gasteiger partial charge in [-0.15, -0.1) is 0 Å². The third kappa shape index (κ3) is 2.99. The molecule has 3 heteroatoms. The number of unbranched alkanes of at least 4 members (excludes halogenated alkanes) is 1. The lowest BCUT2D eigenvalue weighted by molar-refractivity contribution is -0.112. The molecule has 0 fully saturated rings. The molecule has 1 amide bonds. The number of aliphatic imine (C=N–C) groups is 1. The summed E-state index contributed by atoms with van der Waals surface area (Å²) in [5, 5.41) is 0. The van der Waals surface area contributed by atoms with Crippen molar-refractivity contribution in [1.82, 2.24) is 0 Å². The van der Waals surface area contributed by atoms with E-state index in [9.17, 15) is 4.79 Å². The van der Waals surface area contributed by atoms with Gasteiger partial charge in [-0.1, -0.05) is 31.6 Å². The number of anilines is 1. The van der Waals surface area contributed by atoms with Crippen LogP contribution in [0.2, 0.25) is 0 Å². The molecule has 2 aliphatic heterocycles. The van der Waals surface area contributed by atoms with Gasteiger partial charge in [0.25, 0.3) is 5.91 Å². The normalized spacial score (nSPS) is 18.5. The number of aryl methyl sites for hydroxylation is 2. The highest BCUT2D eigenvalue weighted by atomic mass is 16.2. The first-order valence-electron chi connectivity index (χ1n) is 10.2. The van der Waals surface area contributed by atoms with Crippen LogP contribution in [-0.4, -0.2) is 17.2 Å². The average Bonchev–Trinajstić information content (AvgIpc) is 2.92. The van der Waals surface area contributed by atoms with Gasteiger partial charge in [0, 0.05) is 11.1 Å². The second kappa shape index (κ2) is 6.73. The van der Waals surface area contributed by atoms with E-state index in [1.165, 1.54) is 24.0 Å². The summed E-state index contributed by atoms with van der Waals surface area (Å²) in [5.41, 5.74) is 7.83. The van der Waals surface area contributed by atoms with E-state index in [0.717, 1.165) is 34.5 Å². The number of rotatable bonds is 4. The molecule has 0 bridgehead atoms. The first-order valence-corrected chi connectivity index (χ1v) is 10.2. The molecule has 2 heterocycles. The highest BCUT2D eigenvalue weighted by molar-refractivity contribution is 6.55. The van der Waals surface area contributed by atoms with Crippen LogP contribution in [0.1, 0.15) is 62.8 Å². The van der Waals surface area contributed by atoms with E-state index in [-0.39, 0.29) is 11.4 Å². The van der Waals surface area contributed by atoms with Crippen LogP contribution in [0.3, 0.4) is 0 Å². The Bertz CT molecular complexity index is 1010. The smallest absolute Gasteiger partial charge is 0.278 e. The summed E-state index contributed by atoms with van der Waals surface area (Å²) in [6.45, 7) is 10.6. The number of hydrogen-bond acceptors (Lipinski definition) is 2. The van der Waals surface area contributed by atoms with Crippen molar-refractivity contribution in [3.05, 3.63) is 64.7 Å². The molecule has 0 aromatic heterocycles. The van der Waals surface area contributed by atoms with Gasteiger partial charge in [-0.05, 0) is 81.5 Å². The SMILES string of the molecule is CCCCc1ccc(N=C2C(=O)N3c4c(cc(C)cc42)C(C)=CC3(C)C)cc1. The Balaban J connectivity index is 1.81. The zero-order valence-electron chi connectivity index (χ0n) is 17.5. The van der Waals surface area contributed by atoms with Crippen molar-refractivity contribution in [2.75, 3.05) is 4.90 Å². The molecule has 0 atom stereocenters. The third-order valence-corrected chi connectivity index (χ3v) is 5.71. The second-order valence-electron chi connectivity index (χ2n) is 8.56. The summed E-state index contributed by atoms with van der Waals surface area (Å²) < 4.78 is 0. The van der Waals surface area contributed by atoms with E-state index >= 15 is 0 Å². The first kappa shape index (κ1) is 18.7. The molecule has 0 radical (unpaired) electrons. The Morgan fingerprint density at radius 2 is 1.71 bits per heavy atom. The maximum Gasteiger partial charge on any atom is 0.278 e. The molecule has 0 spiro atoms. The van der Waals surface area contributed by atoms with Gasteiger partial charge in [-0.3, -0.25) is 9.69 Å². The molecule has 0 N–H and O–H groups in total. The van der Waals surface area contributed by atoms with Gasteiger partial charge < -0.3 is 0 Å². The number of allylic oxidation sites excluding steroid dienone is 1. The molecule has 2 aromatic rings. The molecule has 0 saturated carbocycles. The third-order valence-electron chi connectivity index (χ3n) is 5.71. The van der Waals surface area contributed by atoms with E-state index in [1.807, 2.05) is 17.0 Å². The lowest BCUT2D eigenvalue weighted by atomic mass is 9.88. The number of hydrogen-bond donors (Lipinski definition) is 0. The van der Waals surface area contributed by atoms with Crippen LogP contribution < -0.4 is 4.90 Å². The van der Waals surface area contributed by atoms with E-state index < -0.39 is 0 Å². The fourth-order valence-corrected chi connectivity index (χ4v) is 4.40. The van der Waals surface area contributed by atoms with E-state index in [0.29, 0.717) is 5.71 Å². The van der Waals surface area contributed by atoms with Crippen LogP contribution in [0.5, 0.6) is 0 Å². The van der Waals surface area contributed by atoms with Crippen LogP contribution in [-0.2, 0) is 11.2 Å². The lowest BCUT2D eigenvalue weighted by Gasteiger charge is -2.38. The van der Waals surface area contributed by atoms with Gasteiger partial charge in [0.05, 0.1) is 16.9 Å². The predicted molar refractivity (Wildman–Crippen MR) is 118 cm³/mol. The molecule has 0 saturated heterocycles. The Kier molecular flexibility index (Phi) is 4.49. The predicted octanol–water partition coefficient (Wildman–Crippen LogP) is 6.00. The number of carbonyl (C=O) groups excluding carboxylic acids is 1. The molecule has 0 unspecified atom stereocenters. The maximum absolute atomic E-state index is 13.4. The van der Waals surface area contributed by atoms with E-state index in [2.05, 4.69) is 65.0 Å². The van der Waals surface area contributed by atoms with Crippen LogP contribution in [0.25, 0.3) is 5.57 Å². The molecule has 2 aromatic carbocycles. The van der Waals surface area contributed by atoms with Crippen LogP contribution >= 0.6 is 0 Å². The van der Waals surface area contributed by atoms with Gasteiger partial charge in [-0.25, -0.2) is 4.99 Å². The topological polar surface area (TPSA) is 32.7 Å². The van der Waals surface area contributed by atoms with Crippen molar-refractivity contribution in [2.24, 2.45) is 4.99 Å². The quantitative estimate of drug-likeness (QED) is 0.648. The Hall–Kier alpha value is -2.68. The lowest BCUT2D eigenvalue weighted by Crippen LogP contribution is -2.47. The molecular weight excluding hydrogens is 344 g/mol. The summed E-state index contributed by atoms with van der Waals surface area (Å²) in [6.07, 6.45) is 5.65. The Morgan fingerprint density at radius 3 is 2.39 bits per heavy atom. The summed E-state index contributed by atoms with van der Waals surface area (Å²) in [4.78, 5) is 20.1. The average molecular weight is 373 g/mol. The minimum atomic E-state index is -0.362. The van der Waals surface area contributed by atoms with Crippen molar-refractivity contribution >= 4 is 28.6 Å². The first-order chi connectivity index (χ1) is 13.3. The minimum absolute atomic E-state index is 0.00865. The molecular formula is C25H28N2O. The van der Waals surface area contributed by atoms with Crippen molar-refractivity contribution in [1.29, 1.82) is 0 Å². The highest BCUT2D eigenvalue weighted by Crippen LogP contribution is 2.46. The summed E-state index contributed by atoms with van der Waals surface area (Å²) in [6, 6.07) is 12.6. The molecule has 3 nitrogen and oxygen atoms in total. The minimum Gasteiger partial charge on any atom is -0.297 e. The summed E-state index contributed by atoms with van der Waals surface area (Å²) in [7, 11) is 0. The van der Waals surface area contributed by atoms with Gasteiger partial charge in [0.15, 0.2) is 0 Å². The zero-order valence-corrected chi connectivity index (χ0v) is 17.5. The van der Waals surface area contributed by atoms with E-state index in [1.54, 1.807) is 0 Å². The monoisotopic (exact) mass is 372 g/mol. The maximum atomic E-state index is 13.4. The number of nitrogens with zero attached hydrogens (tertiary/aromatic N) is 2. The van der Waals surface area contributed by atoms with E-state index in [4.69, 9.17) is 4.99 Å². The fourth-order valence-electron chi connectivity index (χ4n) is 4.40. The molecule has 28 heavy (non-hydrogen) atoms. The number of benzene rings is 2. The van der Waals surface area contributed by atoms with Gasteiger partial charge in [0.1, 0.15) is 5.71 Å². The van der Waals surface area contributed by atoms with Gasteiger partial charge in [-0.2, -0.15) is 0 Å². The van der Waals surface area contributed by atoms with Crippen molar-refractivity contribution in [3.63, 3.8) is 0 Å². The van der Waals surface area contributed by atoms with Crippen molar-refractivity contribution in [2.45, 2.75) is 59.4 Å². The molecule has 4 rings (SSSR count). The molecule has 2 aliphatic rings. The van der Waals surface area contributed by atoms with Crippen molar-refractivity contribution < 1.29 is 4.79 Å². The standard InChI is InChI=1S/C25H28N2O/c1-6-7-8-18-9-11-19(12-10-18)26-22-21-14-16(2)13-20-17(3)15-25(4,5)27(23(20)21)24(22)28/h9-15H,6-8H2,1-5H3. The van der Waals surface area contributed by atoms with Crippen LogP contribution in [0.4, 0.5) is 11.4 Å². The van der Waals surface area contributed by atoms with Gasteiger partial charge >= 0.3 is 0 Å². The van der Waals surface area contributed by atoms with Crippen LogP contribution in [0.15, 0.2) is 47.5 Å².